The van der Waals surface area contributed by atoms with Crippen molar-refractivity contribution < 1.29 is 17.6 Å². The second kappa shape index (κ2) is 8.27. The second-order valence-corrected chi connectivity index (χ2v) is 9.90. The molecule has 2 fully saturated rings. The molecule has 0 spiro atoms. The van der Waals surface area contributed by atoms with Crippen molar-refractivity contribution in [2.24, 2.45) is 17.8 Å². The first-order valence-corrected chi connectivity index (χ1v) is 11.3. The van der Waals surface area contributed by atoms with Gasteiger partial charge in [0.2, 0.25) is 15.9 Å². The molecule has 1 aliphatic carbocycles. The molecule has 0 radical (unpaired) electrons. The summed E-state index contributed by atoms with van der Waals surface area (Å²) in [5.74, 6) is 0.184. The number of sulfonamides is 1. The zero-order valence-corrected chi connectivity index (χ0v) is 16.8. The first kappa shape index (κ1) is 20.3. The lowest BCUT2D eigenvalue weighted by atomic mass is 9.78. The first-order chi connectivity index (χ1) is 12.8. The van der Waals surface area contributed by atoms with Gasteiger partial charge in [-0.25, -0.2) is 12.8 Å². The van der Waals surface area contributed by atoms with Crippen LogP contribution in [0, 0.1) is 23.6 Å². The van der Waals surface area contributed by atoms with Gasteiger partial charge < -0.3 is 5.32 Å². The topological polar surface area (TPSA) is 66.5 Å². The van der Waals surface area contributed by atoms with E-state index in [9.17, 15) is 17.6 Å². The van der Waals surface area contributed by atoms with Crippen LogP contribution >= 0.6 is 0 Å². The van der Waals surface area contributed by atoms with Crippen LogP contribution in [0.1, 0.15) is 46.0 Å². The van der Waals surface area contributed by atoms with Gasteiger partial charge in [0, 0.05) is 25.0 Å². The van der Waals surface area contributed by atoms with Crippen molar-refractivity contribution in [1.82, 2.24) is 9.62 Å². The normalized spacial score (nSPS) is 28.0. The molecule has 5 nitrogen and oxygen atoms in total. The minimum Gasteiger partial charge on any atom is -0.353 e. The van der Waals surface area contributed by atoms with Crippen molar-refractivity contribution in [2.75, 3.05) is 13.1 Å². The van der Waals surface area contributed by atoms with Crippen LogP contribution in [0.2, 0.25) is 0 Å². The van der Waals surface area contributed by atoms with Crippen molar-refractivity contribution >= 4 is 15.9 Å². The minimum absolute atomic E-state index is 0.0314. The van der Waals surface area contributed by atoms with Crippen LogP contribution in [0.4, 0.5) is 4.39 Å². The molecule has 1 saturated carbocycles. The number of hydrogen-bond acceptors (Lipinski definition) is 3. The van der Waals surface area contributed by atoms with Crippen LogP contribution in [0.3, 0.4) is 0 Å². The molecule has 150 valence electrons. The molecule has 1 aliphatic heterocycles. The fraction of sp³-hybridized carbons (Fsp3) is 0.650. The van der Waals surface area contributed by atoms with E-state index in [-0.39, 0.29) is 35.9 Å². The van der Waals surface area contributed by atoms with E-state index < -0.39 is 15.8 Å². The summed E-state index contributed by atoms with van der Waals surface area (Å²) in [5, 5.41) is 3.20. The summed E-state index contributed by atoms with van der Waals surface area (Å²) in [6, 6.07) is 5.64. The lowest BCUT2D eigenvalue weighted by Gasteiger charge is -2.36. The van der Waals surface area contributed by atoms with Crippen LogP contribution in [0.15, 0.2) is 29.2 Å². The Kier molecular flexibility index (Phi) is 6.21. The fourth-order valence-electron chi connectivity index (χ4n) is 4.24. The molecule has 3 atom stereocenters. The van der Waals surface area contributed by atoms with E-state index in [2.05, 4.69) is 19.2 Å². The average Bonchev–Trinajstić information content (AvgIpc) is 2.65. The number of carbonyl (C=O) groups is 1. The summed E-state index contributed by atoms with van der Waals surface area (Å²) in [6.07, 6.45) is 4.29. The zero-order chi connectivity index (χ0) is 19.6. The summed E-state index contributed by atoms with van der Waals surface area (Å²) in [6.45, 7) is 4.91. The Balaban J connectivity index is 1.58. The molecule has 1 heterocycles. The third-order valence-electron chi connectivity index (χ3n) is 6.31. The molecule has 0 aromatic heterocycles. The van der Waals surface area contributed by atoms with E-state index in [0.29, 0.717) is 24.7 Å². The summed E-state index contributed by atoms with van der Waals surface area (Å²) in [5.41, 5.74) is 0. The summed E-state index contributed by atoms with van der Waals surface area (Å²) >= 11 is 0. The standard InChI is InChI=1S/C20H29FN2O3S/c1-14-6-5-8-18(15(14)2)22-20(24)16-10-12-23(13-11-16)27(25,26)19-9-4-3-7-17(19)21/h3-4,7,9,14-16,18H,5-6,8,10-13H2,1-2H3,(H,22,24). The average molecular weight is 397 g/mol. The second-order valence-electron chi connectivity index (χ2n) is 7.99. The van der Waals surface area contributed by atoms with E-state index in [1.165, 1.54) is 28.9 Å². The maximum absolute atomic E-state index is 13.9. The predicted molar refractivity (Wildman–Crippen MR) is 102 cm³/mol. The van der Waals surface area contributed by atoms with Crippen molar-refractivity contribution in [3.05, 3.63) is 30.1 Å². The number of carbonyl (C=O) groups excluding carboxylic acids is 1. The molecule has 3 unspecified atom stereocenters. The van der Waals surface area contributed by atoms with Crippen molar-refractivity contribution in [1.29, 1.82) is 0 Å². The maximum Gasteiger partial charge on any atom is 0.245 e. The van der Waals surface area contributed by atoms with E-state index >= 15 is 0 Å². The predicted octanol–water partition coefficient (Wildman–Crippen LogP) is 3.17. The Morgan fingerprint density at radius 3 is 2.44 bits per heavy atom. The van der Waals surface area contributed by atoms with Gasteiger partial charge in [0.1, 0.15) is 10.7 Å². The summed E-state index contributed by atoms with van der Waals surface area (Å²) in [4.78, 5) is 12.4. The Morgan fingerprint density at radius 1 is 1.11 bits per heavy atom. The van der Waals surface area contributed by atoms with Gasteiger partial charge in [-0.15, -0.1) is 0 Å². The fourth-order valence-corrected chi connectivity index (χ4v) is 5.77. The number of nitrogens with one attached hydrogen (secondary N) is 1. The molecule has 27 heavy (non-hydrogen) atoms. The molecule has 1 aromatic rings. The first-order valence-electron chi connectivity index (χ1n) is 9.85. The molecule has 1 N–H and O–H groups in total. The maximum atomic E-state index is 13.9. The number of piperidine rings is 1. The van der Waals surface area contributed by atoms with Gasteiger partial charge in [0.05, 0.1) is 0 Å². The molecule has 3 rings (SSSR count). The Labute approximate surface area is 161 Å². The Morgan fingerprint density at radius 2 is 1.78 bits per heavy atom. The smallest absolute Gasteiger partial charge is 0.245 e. The van der Waals surface area contributed by atoms with Crippen LogP contribution < -0.4 is 5.32 Å². The highest BCUT2D eigenvalue weighted by molar-refractivity contribution is 7.89. The molecular weight excluding hydrogens is 367 g/mol. The van der Waals surface area contributed by atoms with Crippen molar-refractivity contribution in [3.63, 3.8) is 0 Å². The van der Waals surface area contributed by atoms with Crippen LogP contribution in [0.5, 0.6) is 0 Å². The Hall–Kier alpha value is -1.47. The van der Waals surface area contributed by atoms with Gasteiger partial charge in [-0.1, -0.05) is 38.8 Å². The van der Waals surface area contributed by atoms with Gasteiger partial charge in [-0.05, 0) is 43.2 Å². The summed E-state index contributed by atoms with van der Waals surface area (Å²) < 4.78 is 40.5. The lowest BCUT2D eigenvalue weighted by molar-refractivity contribution is -0.127. The van der Waals surface area contributed by atoms with E-state index in [1.807, 2.05) is 0 Å². The number of nitrogens with zero attached hydrogens (tertiary/aromatic N) is 1. The molecule has 0 bridgehead atoms. The van der Waals surface area contributed by atoms with Gasteiger partial charge in [0.15, 0.2) is 0 Å². The van der Waals surface area contributed by atoms with Gasteiger partial charge in [-0.2, -0.15) is 4.31 Å². The highest BCUT2D eigenvalue weighted by Gasteiger charge is 2.35. The molecular formula is C20H29FN2O3S. The molecule has 2 aliphatic rings. The van der Waals surface area contributed by atoms with Crippen LogP contribution in [0.25, 0.3) is 0 Å². The number of amides is 1. The highest BCUT2D eigenvalue weighted by Crippen LogP contribution is 2.30. The molecule has 1 saturated heterocycles. The van der Waals surface area contributed by atoms with Crippen molar-refractivity contribution in [2.45, 2.75) is 56.9 Å². The number of benzene rings is 1. The molecule has 1 aromatic carbocycles. The van der Waals surface area contributed by atoms with E-state index in [0.717, 1.165) is 18.9 Å². The van der Waals surface area contributed by atoms with Gasteiger partial charge >= 0.3 is 0 Å². The molecule has 7 heteroatoms. The lowest BCUT2D eigenvalue weighted by Crippen LogP contribution is -2.48. The quantitative estimate of drug-likeness (QED) is 0.850. The minimum atomic E-state index is -3.86. The highest BCUT2D eigenvalue weighted by atomic mass is 32.2. The SMILES string of the molecule is CC1CCCC(NC(=O)C2CCN(S(=O)(=O)c3ccccc3F)CC2)C1C. The third-order valence-corrected chi connectivity index (χ3v) is 8.25. The van der Waals surface area contributed by atoms with Gasteiger partial charge in [0.25, 0.3) is 0 Å². The van der Waals surface area contributed by atoms with E-state index in [4.69, 9.17) is 0 Å². The summed E-state index contributed by atoms with van der Waals surface area (Å²) in [7, 11) is -3.86. The number of rotatable bonds is 4. The Bertz CT molecular complexity index is 775. The molecule has 1 amide bonds. The number of hydrogen-bond donors (Lipinski definition) is 1. The third kappa shape index (κ3) is 4.35. The zero-order valence-electron chi connectivity index (χ0n) is 16.0. The van der Waals surface area contributed by atoms with E-state index in [1.54, 1.807) is 0 Å². The van der Waals surface area contributed by atoms with Crippen LogP contribution in [-0.4, -0.2) is 37.8 Å². The monoisotopic (exact) mass is 396 g/mol. The van der Waals surface area contributed by atoms with Crippen LogP contribution in [-0.2, 0) is 14.8 Å². The van der Waals surface area contributed by atoms with Crippen molar-refractivity contribution in [3.8, 4) is 0 Å². The largest absolute Gasteiger partial charge is 0.353 e. The number of halogens is 1. The van der Waals surface area contributed by atoms with Gasteiger partial charge in [-0.3, -0.25) is 4.79 Å².